The first kappa shape index (κ1) is 34.1. The van der Waals surface area contributed by atoms with E-state index in [2.05, 4.69) is 29.4 Å². The predicted molar refractivity (Wildman–Crippen MR) is 166 cm³/mol. The zero-order chi connectivity index (χ0) is 29.5. The molecular weight excluding hydrogens is 516 g/mol. The summed E-state index contributed by atoms with van der Waals surface area (Å²) in [5.74, 6) is -1.13. The summed E-state index contributed by atoms with van der Waals surface area (Å²) < 4.78 is 5.28. The molecule has 1 amide bonds. The summed E-state index contributed by atoms with van der Waals surface area (Å²) in [7, 11) is 0. The number of unbranched alkanes of at least 4 members (excludes halogenated alkanes) is 13. The topological polar surface area (TPSA) is 108 Å². The van der Waals surface area contributed by atoms with Gasteiger partial charge in [0.05, 0.1) is 12.8 Å². The van der Waals surface area contributed by atoms with Gasteiger partial charge in [-0.15, -0.1) is 0 Å². The van der Waals surface area contributed by atoms with Gasteiger partial charge in [0.25, 0.3) is 0 Å². The largest absolute Gasteiger partial charge is 0.481 e. The number of carbonyl (C=O) groups is 3. The number of fused-ring (bicyclic) bond motifs is 1. The maximum absolute atomic E-state index is 12.3. The van der Waals surface area contributed by atoms with E-state index in [4.69, 9.17) is 9.84 Å². The third kappa shape index (κ3) is 16.1. The van der Waals surface area contributed by atoms with Crippen molar-refractivity contribution in [3.05, 3.63) is 42.1 Å². The predicted octanol–water partition coefficient (Wildman–Crippen LogP) is 8.41. The van der Waals surface area contributed by atoms with Gasteiger partial charge in [-0.05, 0) is 62.3 Å². The molecule has 1 aromatic heterocycles. The van der Waals surface area contributed by atoms with E-state index in [1.54, 1.807) is 12.1 Å². The lowest BCUT2D eigenvalue weighted by atomic mass is 10.1. The lowest BCUT2D eigenvalue weighted by Crippen LogP contribution is -2.25. The third-order valence-electron chi connectivity index (χ3n) is 7.40. The first-order chi connectivity index (χ1) is 20.0. The fourth-order valence-corrected chi connectivity index (χ4v) is 4.95. The number of esters is 1. The number of ether oxygens (including phenoxy) is 1. The first-order valence-corrected chi connectivity index (χ1v) is 15.9. The first-order valence-electron chi connectivity index (χ1n) is 15.9. The van der Waals surface area contributed by atoms with Crippen molar-refractivity contribution in [2.45, 2.75) is 129 Å². The monoisotopic (exact) mass is 568 g/mol. The normalized spacial score (nSPS) is 11.3. The van der Waals surface area contributed by atoms with E-state index in [1.807, 2.05) is 12.3 Å². The molecule has 3 N–H and O–H groups in total. The number of carboxylic acid groups (broad SMARTS) is 1. The van der Waals surface area contributed by atoms with E-state index < -0.39 is 11.9 Å². The fourth-order valence-electron chi connectivity index (χ4n) is 4.95. The number of hydrogen-bond acceptors (Lipinski definition) is 4. The molecule has 0 unspecified atom stereocenters. The number of allylic oxidation sites excluding steroid dienone is 2. The van der Waals surface area contributed by atoms with Crippen LogP contribution in [-0.4, -0.2) is 34.5 Å². The smallest absolute Gasteiger partial charge is 0.311 e. The lowest BCUT2D eigenvalue weighted by molar-refractivity contribution is -0.142. The molecule has 2 aromatic rings. The maximum atomic E-state index is 12.3. The number of aromatic amines is 1. The van der Waals surface area contributed by atoms with Gasteiger partial charge < -0.3 is 20.1 Å². The standard InChI is InChI=1S/C34H52N2O5/c1-2-3-4-5-6-7-8-9-10-11-12-13-14-15-16-17-18-19-32(37)35-25-24-28-27-36-31-21-20-29(26-30(28)31)41-34(40)23-22-33(38)39/h7-8,20-21,26-27,36H,2-6,9-19,22-25H2,1H3,(H,35,37)(H,38,39)/b8-7+. The summed E-state index contributed by atoms with van der Waals surface area (Å²) in [5, 5.41) is 12.7. The summed E-state index contributed by atoms with van der Waals surface area (Å²) in [6, 6.07) is 5.28. The summed E-state index contributed by atoms with van der Waals surface area (Å²) >= 11 is 0. The Balaban J connectivity index is 1.47. The number of rotatable bonds is 24. The summed E-state index contributed by atoms with van der Waals surface area (Å²) in [4.78, 5) is 37.9. The molecule has 0 fully saturated rings. The van der Waals surface area contributed by atoms with Crippen LogP contribution in [0, 0.1) is 0 Å². The van der Waals surface area contributed by atoms with E-state index in [0.29, 0.717) is 25.1 Å². The maximum Gasteiger partial charge on any atom is 0.311 e. The summed E-state index contributed by atoms with van der Waals surface area (Å²) in [6.07, 6.45) is 26.4. The molecule has 7 heteroatoms. The highest BCUT2D eigenvalue weighted by Gasteiger charge is 2.11. The Kier molecular flexibility index (Phi) is 18.0. The van der Waals surface area contributed by atoms with E-state index in [9.17, 15) is 14.4 Å². The molecule has 0 spiro atoms. The Morgan fingerprint density at radius 3 is 2.12 bits per heavy atom. The van der Waals surface area contributed by atoms with Crippen LogP contribution < -0.4 is 10.1 Å². The van der Waals surface area contributed by atoms with Gasteiger partial charge in [0.2, 0.25) is 5.91 Å². The van der Waals surface area contributed by atoms with Crippen LogP contribution in [0.15, 0.2) is 36.5 Å². The molecule has 7 nitrogen and oxygen atoms in total. The van der Waals surface area contributed by atoms with E-state index in [1.165, 1.54) is 83.5 Å². The molecule has 0 bridgehead atoms. The van der Waals surface area contributed by atoms with Gasteiger partial charge in [-0.3, -0.25) is 14.4 Å². The molecule has 0 saturated carbocycles. The minimum Gasteiger partial charge on any atom is -0.481 e. The number of benzene rings is 1. The highest BCUT2D eigenvalue weighted by Crippen LogP contribution is 2.24. The number of H-pyrrole nitrogens is 1. The van der Waals surface area contributed by atoms with Gasteiger partial charge in [0.15, 0.2) is 0 Å². The second-order valence-electron chi connectivity index (χ2n) is 11.0. The Morgan fingerprint density at radius 2 is 1.46 bits per heavy atom. The van der Waals surface area contributed by atoms with Crippen LogP contribution in [0.3, 0.4) is 0 Å². The highest BCUT2D eigenvalue weighted by molar-refractivity contribution is 5.86. The Morgan fingerprint density at radius 1 is 0.829 bits per heavy atom. The van der Waals surface area contributed by atoms with Gasteiger partial charge in [0, 0.05) is 30.1 Å². The van der Waals surface area contributed by atoms with E-state index in [0.717, 1.165) is 29.3 Å². The molecule has 2 rings (SSSR count). The van der Waals surface area contributed by atoms with Crippen LogP contribution in [0.1, 0.15) is 128 Å². The minimum absolute atomic E-state index is 0.0906. The van der Waals surface area contributed by atoms with Crippen LogP contribution in [0.2, 0.25) is 0 Å². The van der Waals surface area contributed by atoms with Crippen molar-refractivity contribution in [3.63, 3.8) is 0 Å². The zero-order valence-electron chi connectivity index (χ0n) is 25.2. The lowest BCUT2D eigenvalue weighted by Gasteiger charge is -2.06. The Hall–Kier alpha value is -3.09. The molecule has 0 aliphatic rings. The average Bonchev–Trinajstić information content (AvgIpc) is 3.35. The van der Waals surface area contributed by atoms with Gasteiger partial charge >= 0.3 is 11.9 Å². The van der Waals surface area contributed by atoms with Crippen molar-refractivity contribution >= 4 is 28.7 Å². The van der Waals surface area contributed by atoms with E-state index in [-0.39, 0.29) is 18.7 Å². The fraction of sp³-hybridized carbons (Fsp3) is 0.618. The molecule has 228 valence electrons. The van der Waals surface area contributed by atoms with Crippen molar-refractivity contribution in [1.29, 1.82) is 0 Å². The molecule has 0 aliphatic carbocycles. The van der Waals surface area contributed by atoms with Gasteiger partial charge in [-0.1, -0.05) is 83.3 Å². The number of amides is 1. The van der Waals surface area contributed by atoms with Crippen molar-refractivity contribution < 1.29 is 24.2 Å². The second-order valence-corrected chi connectivity index (χ2v) is 11.0. The van der Waals surface area contributed by atoms with Gasteiger partial charge in [0.1, 0.15) is 5.75 Å². The second kappa shape index (κ2) is 21.6. The zero-order valence-corrected chi connectivity index (χ0v) is 25.2. The number of aliphatic carboxylic acids is 1. The Labute approximate surface area is 246 Å². The molecule has 0 radical (unpaired) electrons. The van der Waals surface area contributed by atoms with Crippen LogP contribution in [0.25, 0.3) is 10.9 Å². The van der Waals surface area contributed by atoms with Crippen LogP contribution in [0.4, 0.5) is 0 Å². The highest BCUT2D eigenvalue weighted by atomic mass is 16.5. The van der Waals surface area contributed by atoms with Crippen LogP contribution in [-0.2, 0) is 20.8 Å². The van der Waals surface area contributed by atoms with Crippen LogP contribution in [0.5, 0.6) is 5.75 Å². The van der Waals surface area contributed by atoms with Gasteiger partial charge in [-0.25, -0.2) is 0 Å². The van der Waals surface area contributed by atoms with Crippen molar-refractivity contribution in [3.8, 4) is 5.75 Å². The number of carbonyl (C=O) groups excluding carboxylic acids is 2. The molecule has 1 heterocycles. The summed E-state index contributed by atoms with van der Waals surface area (Å²) in [5.41, 5.74) is 1.94. The third-order valence-corrected chi connectivity index (χ3v) is 7.40. The quantitative estimate of drug-likeness (QED) is 0.0510. The molecule has 0 atom stereocenters. The van der Waals surface area contributed by atoms with Crippen molar-refractivity contribution in [2.75, 3.05) is 6.54 Å². The number of hydrogen-bond donors (Lipinski definition) is 3. The molecular formula is C34H52N2O5. The van der Waals surface area contributed by atoms with E-state index >= 15 is 0 Å². The number of carboxylic acids is 1. The van der Waals surface area contributed by atoms with Crippen LogP contribution >= 0.6 is 0 Å². The van der Waals surface area contributed by atoms with Crippen molar-refractivity contribution in [1.82, 2.24) is 10.3 Å². The average molecular weight is 569 g/mol. The Bertz CT molecular complexity index is 1060. The molecule has 0 saturated heterocycles. The van der Waals surface area contributed by atoms with Gasteiger partial charge in [-0.2, -0.15) is 0 Å². The van der Waals surface area contributed by atoms with Crippen molar-refractivity contribution in [2.24, 2.45) is 0 Å². The molecule has 41 heavy (non-hydrogen) atoms. The number of aromatic nitrogens is 1. The summed E-state index contributed by atoms with van der Waals surface area (Å²) in [6.45, 7) is 2.80. The molecule has 1 aromatic carbocycles. The minimum atomic E-state index is -1.03. The molecule has 0 aliphatic heterocycles. The number of nitrogens with one attached hydrogen (secondary N) is 2. The SMILES string of the molecule is CCCCCC/C=C/CCCCCCCCCCCC(=O)NCCc1c[nH]c2ccc(OC(=O)CCC(=O)O)cc12.